The second kappa shape index (κ2) is 5.76. The summed E-state index contributed by atoms with van der Waals surface area (Å²) in [5.41, 5.74) is 0. The van der Waals surface area contributed by atoms with Gasteiger partial charge in [-0.1, -0.05) is 12.1 Å². The Kier molecular flexibility index (Phi) is 4.07. The lowest BCUT2D eigenvalue weighted by Crippen LogP contribution is -2.25. The van der Waals surface area contributed by atoms with E-state index in [2.05, 4.69) is 0 Å². The van der Waals surface area contributed by atoms with Crippen molar-refractivity contribution in [3.8, 4) is 11.5 Å². The van der Waals surface area contributed by atoms with Crippen molar-refractivity contribution in [2.75, 3.05) is 20.8 Å². The normalized spacial score (nSPS) is 15.9. The first-order chi connectivity index (χ1) is 8.76. The number of esters is 1. The molecular weight excluding hydrogens is 232 g/mol. The van der Waals surface area contributed by atoms with Crippen molar-refractivity contribution in [2.45, 2.75) is 12.8 Å². The molecular formula is C14H18O4. The number of ether oxygens (including phenoxy) is 3. The summed E-state index contributed by atoms with van der Waals surface area (Å²) >= 11 is 0. The van der Waals surface area contributed by atoms with Crippen molar-refractivity contribution in [3.63, 3.8) is 0 Å². The van der Waals surface area contributed by atoms with Gasteiger partial charge in [0.15, 0.2) is 11.5 Å². The Bertz CT molecular complexity index is 412. The van der Waals surface area contributed by atoms with Gasteiger partial charge in [-0.15, -0.1) is 0 Å². The van der Waals surface area contributed by atoms with Crippen molar-refractivity contribution >= 4 is 5.97 Å². The summed E-state index contributed by atoms with van der Waals surface area (Å²) in [5.74, 6) is 1.39. The molecule has 98 valence electrons. The number of methoxy groups -OCH3 is 2. The van der Waals surface area contributed by atoms with Crippen LogP contribution in [0.2, 0.25) is 0 Å². The maximum absolute atomic E-state index is 11.6. The highest BCUT2D eigenvalue weighted by molar-refractivity contribution is 5.73. The average molecular weight is 250 g/mol. The standard InChI is InChI=1S/C14H18O4/c1-16-12-5-3-4-6-13(12)18-9-11(10-7-8-10)14(15)17-2/h3-6,10-11H,7-9H2,1-2H3. The number of benzene rings is 1. The van der Waals surface area contributed by atoms with Crippen molar-refractivity contribution in [3.05, 3.63) is 24.3 Å². The largest absolute Gasteiger partial charge is 0.493 e. The summed E-state index contributed by atoms with van der Waals surface area (Å²) < 4.78 is 15.7. The summed E-state index contributed by atoms with van der Waals surface area (Å²) in [6.07, 6.45) is 2.16. The molecule has 2 rings (SSSR count). The van der Waals surface area contributed by atoms with Gasteiger partial charge in [0, 0.05) is 0 Å². The van der Waals surface area contributed by atoms with Crippen LogP contribution in [0.1, 0.15) is 12.8 Å². The Balaban J connectivity index is 1.98. The quantitative estimate of drug-likeness (QED) is 0.726. The molecule has 1 fully saturated rings. The van der Waals surface area contributed by atoms with E-state index in [-0.39, 0.29) is 11.9 Å². The number of para-hydroxylation sites is 2. The van der Waals surface area contributed by atoms with Crippen LogP contribution in [0.4, 0.5) is 0 Å². The predicted molar refractivity (Wildman–Crippen MR) is 66.7 cm³/mol. The van der Waals surface area contributed by atoms with Gasteiger partial charge < -0.3 is 14.2 Å². The molecule has 1 aromatic carbocycles. The zero-order valence-corrected chi connectivity index (χ0v) is 10.7. The Morgan fingerprint density at radius 1 is 1.28 bits per heavy atom. The summed E-state index contributed by atoms with van der Waals surface area (Å²) in [5, 5.41) is 0. The number of carbonyl (C=O) groups is 1. The first-order valence-corrected chi connectivity index (χ1v) is 6.10. The van der Waals surface area contributed by atoms with Gasteiger partial charge in [0.05, 0.1) is 20.1 Å². The molecule has 1 aliphatic carbocycles. The molecule has 0 saturated heterocycles. The fourth-order valence-electron chi connectivity index (χ4n) is 1.96. The smallest absolute Gasteiger partial charge is 0.312 e. The number of hydrogen-bond acceptors (Lipinski definition) is 4. The van der Waals surface area contributed by atoms with Gasteiger partial charge in [-0.05, 0) is 30.9 Å². The molecule has 0 N–H and O–H groups in total. The van der Waals surface area contributed by atoms with E-state index in [0.717, 1.165) is 12.8 Å². The average Bonchev–Trinajstić information content (AvgIpc) is 3.23. The van der Waals surface area contributed by atoms with Crippen LogP contribution in [0, 0.1) is 11.8 Å². The minimum absolute atomic E-state index is 0.167. The van der Waals surface area contributed by atoms with E-state index in [0.29, 0.717) is 24.0 Å². The van der Waals surface area contributed by atoms with Crippen LogP contribution in [0.25, 0.3) is 0 Å². The number of rotatable bonds is 6. The maximum atomic E-state index is 11.6. The highest BCUT2D eigenvalue weighted by Crippen LogP contribution is 2.38. The van der Waals surface area contributed by atoms with E-state index in [9.17, 15) is 4.79 Å². The van der Waals surface area contributed by atoms with Crippen LogP contribution in [0.5, 0.6) is 11.5 Å². The van der Waals surface area contributed by atoms with Crippen molar-refractivity contribution in [1.82, 2.24) is 0 Å². The molecule has 0 bridgehead atoms. The molecule has 1 aromatic rings. The molecule has 4 heteroatoms. The Hall–Kier alpha value is -1.71. The predicted octanol–water partition coefficient (Wildman–Crippen LogP) is 2.27. The Morgan fingerprint density at radius 2 is 1.94 bits per heavy atom. The summed E-state index contributed by atoms with van der Waals surface area (Å²) in [6, 6.07) is 7.42. The van der Waals surface area contributed by atoms with E-state index in [1.54, 1.807) is 7.11 Å². The monoisotopic (exact) mass is 250 g/mol. The fourth-order valence-corrected chi connectivity index (χ4v) is 1.96. The molecule has 0 amide bonds. The van der Waals surface area contributed by atoms with Crippen LogP contribution in [-0.4, -0.2) is 26.8 Å². The highest BCUT2D eigenvalue weighted by Gasteiger charge is 2.37. The molecule has 4 nitrogen and oxygen atoms in total. The molecule has 1 saturated carbocycles. The molecule has 0 spiro atoms. The first kappa shape index (κ1) is 12.7. The fraction of sp³-hybridized carbons (Fsp3) is 0.500. The second-order valence-corrected chi connectivity index (χ2v) is 4.43. The van der Waals surface area contributed by atoms with Gasteiger partial charge in [-0.25, -0.2) is 0 Å². The van der Waals surface area contributed by atoms with E-state index in [4.69, 9.17) is 14.2 Å². The molecule has 18 heavy (non-hydrogen) atoms. The third-order valence-electron chi connectivity index (χ3n) is 3.18. The molecule has 0 aliphatic heterocycles. The zero-order valence-electron chi connectivity index (χ0n) is 10.7. The molecule has 0 heterocycles. The number of carbonyl (C=O) groups excluding carboxylic acids is 1. The lowest BCUT2D eigenvalue weighted by Gasteiger charge is -2.16. The van der Waals surface area contributed by atoms with Crippen LogP contribution in [0.3, 0.4) is 0 Å². The summed E-state index contributed by atoms with van der Waals surface area (Å²) in [4.78, 5) is 11.6. The lowest BCUT2D eigenvalue weighted by atomic mass is 10.1. The van der Waals surface area contributed by atoms with Gasteiger partial charge in [-0.3, -0.25) is 4.79 Å². The number of hydrogen-bond donors (Lipinski definition) is 0. The lowest BCUT2D eigenvalue weighted by molar-refractivity contribution is -0.147. The minimum Gasteiger partial charge on any atom is -0.493 e. The van der Waals surface area contributed by atoms with Gasteiger partial charge in [0.1, 0.15) is 6.61 Å². The van der Waals surface area contributed by atoms with Crippen LogP contribution in [0.15, 0.2) is 24.3 Å². The van der Waals surface area contributed by atoms with Crippen LogP contribution in [-0.2, 0) is 9.53 Å². The molecule has 0 aromatic heterocycles. The van der Waals surface area contributed by atoms with Crippen molar-refractivity contribution in [1.29, 1.82) is 0 Å². The van der Waals surface area contributed by atoms with Crippen molar-refractivity contribution < 1.29 is 19.0 Å². The first-order valence-electron chi connectivity index (χ1n) is 6.10. The summed E-state index contributed by atoms with van der Waals surface area (Å²) in [6.45, 7) is 0.345. The van der Waals surface area contributed by atoms with Gasteiger partial charge in [-0.2, -0.15) is 0 Å². The molecule has 0 radical (unpaired) electrons. The van der Waals surface area contributed by atoms with Gasteiger partial charge in [0.25, 0.3) is 0 Å². The molecule has 1 unspecified atom stereocenters. The third kappa shape index (κ3) is 2.94. The zero-order chi connectivity index (χ0) is 13.0. The van der Waals surface area contributed by atoms with Crippen LogP contribution < -0.4 is 9.47 Å². The van der Waals surface area contributed by atoms with E-state index in [1.165, 1.54) is 7.11 Å². The Labute approximate surface area is 107 Å². The highest BCUT2D eigenvalue weighted by atomic mass is 16.5. The Morgan fingerprint density at radius 3 is 2.50 bits per heavy atom. The van der Waals surface area contributed by atoms with Crippen LogP contribution >= 0.6 is 0 Å². The SMILES string of the molecule is COC(=O)C(COc1ccccc1OC)C1CC1. The maximum Gasteiger partial charge on any atom is 0.312 e. The van der Waals surface area contributed by atoms with Crippen molar-refractivity contribution in [2.24, 2.45) is 11.8 Å². The van der Waals surface area contributed by atoms with Gasteiger partial charge >= 0.3 is 5.97 Å². The van der Waals surface area contributed by atoms with E-state index in [1.807, 2.05) is 24.3 Å². The van der Waals surface area contributed by atoms with Gasteiger partial charge in [0.2, 0.25) is 0 Å². The summed E-state index contributed by atoms with van der Waals surface area (Å²) in [7, 11) is 3.02. The third-order valence-corrected chi connectivity index (χ3v) is 3.18. The molecule has 1 atom stereocenters. The van der Waals surface area contributed by atoms with E-state index >= 15 is 0 Å². The second-order valence-electron chi connectivity index (χ2n) is 4.43. The van der Waals surface area contributed by atoms with E-state index < -0.39 is 0 Å². The minimum atomic E-state index is -0.188. The topological polar surface area (TPSA) is 44.8 Å². The molecule has 1 aliphatic rings.